The number of benzene rings is 5. The van der Waals surface area contributed by atoms with Gasteiger partial charge in [0.05, 0.1) is 46.2 Å². The fourth-order valence-electron chi connectivity index (χ4n) is 6.29. The molecule has 5 aromatic carbocycles. The molecule has 4 nitrogen and oxygen atoms in total. The van der Waals surface area contributed by atoms with Crippen molar-refractivity contribution in [3.8, 4) is 17.8 Å². The molecule has 7 aromatic rings. The Labute approximate surface area is 255 Å². The highest BCUT2D eigenvalue weighted by Gasteiger charge is 2.16. The van der Waals surface area contributed by atoms with E-state index in [0.717, 1.165) is 38.8 Å². The molecule has 0 saturated carbocycles. The van der Waals surface area contributed by atoms with Crippen molar-refractivity contribution >= 4 is 49.3 Å². The number of allylic oxidation sites excluding steroid dienone is 5. The SMILES string of the molecule is C=CC(/C=C(\C=C/CC#N)n1c2ccccc2c2cc(C#N)ccc21)c1ccc(-n2c3ccccc3c3ccccc32)cc1. The fraction of sp³-hybridized carbons (Fsp3) is 0.0500. The first-order valence-corrected chi connectivity index (χ1v) is 14.6. The van der Waals surface area contributed by atoms with Crippen LogP contribution in [0.4, 0.5) is 0 Å². The van der Waals surface area contributed by atoms with Crippen LogP contribution in [-0.4, -0.2) is 9.13 Å². The van der Waals surface area contributed by atoms with Crippen LogP contribution in [0.15, 0.2) is 146 Å². The van der Waals surface area contributed by atoms with E-state index in [-0.39, 0.29) is 5.92 Å². The molecule has 2 aromatic heterocycles. The van der Waals surface area contributed by atoms with Gasteiger partial charge in [-0.25, -0.2) is 0 Å². The Balaban J connectivity index is 1.36. The predicted octanol–water partition coefficient (Wildman–Crippen LogP) is 10.0. The number of para-hydroxylation sites is 3. The van der Waals surface area contributed by atoms with E-state index in [1.54, 1.807) is 0 Å². The first-order valence-electron chi connectivity index (χ1n) is 14.6. The highest BCUT2D eigenvalue weighted by Crippen LogP contribution is 2.35. The van der Waals surface area contributed by atoms with Crippen LogP contribution < -0.4 is 0 Å². The summed E-state index contributed by atoms with van der Waals surface area (Å²) in [7, 11) is 0. The van der Waals surface area contributed by atoms with E-state index in [9.17, 15) is 10.5 Å². The van der Waals surface area contributed by atoms with Crippen molar-refractivity contribution in [1.82, 2.24) is 9.13 Å². The maximum Gasteiger partial charge on any atom is 0.0991 e. The number of nitrogens with zero attached hydrogens (tertiary/aromatic N) is 4. The number of nitriles is 2. The van der Waals surface area contributed by atoms with E-state index in [1.807, 2.05) is 48.6 Å². The molecule has 0 N–H and O–H groups in total. The summed E-state index contributed by atoms with van der Waals surface area (Å²) in [4.78, 5) is 0. The van der Waals surface area contributed by atoms with Gasteiger partial charge in [0.15, 0.2) is 0 Å². The Morgan fingerprint density at radius 2 is 1.30 bits per heavy atom. The highest BCUT2D eigenvalue weighted by molar-refractivity contribution is 6.11. The van der Waals surface area contributed by atoms with E-state index in [0.29, 0.717) is 12.0 Å². The average Bonchev–Trinajstić information content (AvgIpc) is 3.59. The van der Waals surface area contributed by atoms with Crippen LogP contribution in [0, 0.1) is 22.7 Å². The molecule has 0 bridgehead atoms. The zero-order valence-electron chi connectivity index (χ0n) is 24.1. The first kappa shape index (κ1) is 26.8. The summed E-state index contributed by atoms with van der Waals surface area (Å²) in [6.07, 6.45) is 8.35. The van der Waals surface area contributed by atoms with Crippen molar-refractivity contribution in [3.05, 3.63) is 157 Å². The normalized spacial score (nSPS) is 12.6. The molecular formula is C40H28N4. The molecule has 0 spiro atoms. The van der Waals surface area contributed by atoms with Gasteiger partial charge in [-0.2, -0.15) is 10.5 Å². The van der Waals surface area contributed by atoms with E-state index in [2.05, 4.69) is 119 Å². The van der Waals surface area contributed by atoms with Crippen LogP contribution in [-0.2, 0) is 0 Å². The van der Waals surface area contributed by atoms with E-state index >= 15 is 0 Å². The standard InChI is InChI=1S/C40H28N4/c1-2-29(30-19-21-31(22-20-30)43-37-15-6-3-12-33(37)34-13-4-7-16-38(34)43)26-32(11-9-10-24-41)44-39-17-8-5-14-35(39)36-25-28(27-42)18-23-40(36)44/h2-9,11-23,25-26,29H,1,10H2/b11-9-,32-26+. The second-order valence-electron chi connectivity index (χ2n) is 10.8. The molecule has 0 aliphatic rings. The van der Waals surface area contributed by atoms with Crippen molar-refractivity contribution in [2.75, 3.05) is 0 Å². The quantitative estimate of drug-likeness (QED) is 0.143. The third-order valence-electron chi connectivity index (χ3n) is 8.28. The van der Waals surface area contributed by atoms with Gasteiger partial charge in [-0.05, 0) is 66.2 Å². The van der Waals surface area contributed by atoms with Gasteiger partial charge in [0.1, 0.15) is 0 Å². The largest absolute Gasteiger partial charge is 0.310 e. The molecule has 7 rings (SSSR count). The molecular weight excluding hydrogens is 536 g/mol. The summed E-state index contributed by atoms with van der Waals surface area (Å²) in [5, 5.41) is 23.4. The van der Waals surface area contributed by atoms with E-state index in [1.165, 1.54) is 21.8 Å². The third-order valence-corrected chi connectivity index (χ3v) is 8.28. The number of fused-ring (bicyclic) bond motifs is 6. The number of hydrogen-bond acceptors (Lipinski definition) is 2. The third kappa shape index (κ3) is 4.47. The minimum Gasteiger partial charge on any atom is -0.310 e. The molecule has 1 atom stereocenters. The van der Waals surface area contributed by atoms with Crippen LogP contribution in [0.25, 0.3) is 55.0 Å². The molecule has 0 saturated heterocycles. The fourth-order valence-corrected chi connectivity index (χ4v) is 6.29. The number of aromatic nitrogens is 2. The molecule has 0 aliphatic heterocycles. The lowest BCUT2D eigenvalue weighted by Crippen LogP contribution is -2.00. The maximum absolute atomic E-state index is 9.57. The average molecular weight is 565 g/mol. The zero-order valence-corrected chi connectivity index (χ0v) is 24.1. The van der Waals surface area contributed by atoms with Gasteiger partial charge in [0.25, 0.3) is 0 Å². The minimum atomic E-state index is -0.0847. The molecule has 0 fully saturated rings. The van der Waals surface area contributed by atoms with Crippen LogP contribution in [0.1, 0.15) is 23.5 Å². The van der Waals surface area contributed by atoms with Crippen LogP contribution >= 0.6 is 0 Å². The summed E-state index contributed by atoms with van der Waals surface area (Å²) >= 11 is 0. The molecule has 4 heteroatoms. The van der Waals surface area contributed by atoms with Gasteiger partial charge in [-0.15, -0.1) is 6.58 Å². The van der Waals surface area contributed by atoms with Crippen LogP contribution in [0.3, 0.4) is 0 Å². The van der Waals surface area contributed by atoms with Crippen molar-refractivity contribution in [2.24, 2.45) is 0 Å². The lowest BCUT2D eigenvalue weighted by Gasteiger charge is -2.15. The Morgan fingerprint density at radius 3 is 1.91 bits per heavy atom. The van der Waals surface area contributed by atoms with Crippen molar-refractivity contribution in [3.63, 3.8) is 0 Å². The Bertz CT molecular complexity index is 2290. The first-order chi connectivity index (χ1) is 21.7. The summed E-state index contributed by atoms with van der Waals surface area (Å²) in [5.41, 5.74) is 8.17. The van der Waals surface area contributed by atoms with E-state index < -0.39 is 0 Å². The topological polar surface area (TPSA) is 57.4 Å². The summed E-state index contributed by atoms with van der Waals surface area (Å²) in [6, 6.07) is 44.3. The van der Waals surface area contributed by atoms with Crippen LogP contribution in [0.5, 0.6) is 0 Å². The van der Waals surface area contributed by atoms with E-state index in [4.69, 9.17) is 0 Å². The monoisotopic (exact) mass is 564 g/mol. The Hall–Kier alpha value is -6.10. The predicted molar refractivity (Wildman–Crippen MR) is 182 cm³/mol. The Morgan fingerprint density at radius 1 is 0.705 bits per heavy atom. The lowest BCUT2D eigenvalue weighted by atomic mass is 9.97. The van der Waals surface area contributed by atoms with Crippen molar-refractivity contribution < 1.29 is 0 Å². The minimum absolute atomic E-state index is 0.0847. The Kier molecular flexibility index (Phi) is 6.87. The molecule has 1 unspecified atom stereocenters. The summed E-state index contributed by atoms with van der Waals surface area (Å²) in [5.74, 6) is -0.0847. The van der Waals surface area contributed by atoms with Gasteiger partial charge in [0.2, 0.25) is 0 Å². The number of rotatable bonds is 7. The second-order valence-corrected chi connectivity index (χ2v) is 10.8. The second kappa shape index (κ2) is 11.3. The summed E-state index contributed by atoms with van der Waals surface area (Å²) < 4.78 is 4.53. The maximum atomic E-state index is 9.57. The van der Waals surface area contributed by atoms with Crippen LogP contribution in [0.2, 0.25) is 0 Å². The molecule has 44 heavy (non-hydrogen) atoms. The van der Waals surface area contributed by atoms with Gasteiger partial charge in [-0.3, -0.25) is 0 Å². The molecule has 0 amide bonds. The molecule has 0 radical (unpaired) electrons. The smallest absolute Gasteiger partial charge is 0.0991 e. The van der Waals surface area contributed by atoms with Gasteiger partial charge in [-0.1, -0.05) is 78.9 Å². The van der Waals surface area contributed by atoms with Gasteiger partial charge >= 0.3 is 0 Å². The van der Waals surface area contributed by atoms with Gasteiger partial charge in [0, 0.05) is 38.8 Å². The lowest BCUT2D eigenvalue weighted by molar-refractivity contribution is 1.06. The number of hydrogen-bond donors (Lipinski definition) is 0. The molecule has 208 valence electrons. The zero-order chi connectivity index (χ0) is 30.0. The van der Waals surface area contributed by atoms with Gasteiger partial charge < -0.3 is 9.13 Å². The molecule has 2 heterocycles. The molecule has 0 aliphatic carbocycles. The summed E-state index contributed by atoms with van der Waals surface area (Å²) in [6.45, 7) is 4.20. The highest BCUT2D eigenvalue weighted by atomic mass is 15.0. The van der Waals surface area contributed by atoms with Crippen molar-refractivity contribution in [2.45, 2.75) is 12.3 Å². The van der Waals surface area contributed by atoms with Crippen molar-refractivity contribution in [1.29, 1.82) is 10.5 Å².